The third-order valence-electron chi connectivity index (χ3n) is 5.52. The van der Waals surface area contributed by atoms with Crippen molar-refractivity contribution in [2.24, 2.45) is 10.4 Å². The van der Waals surface area contributed by atoms with Gasteiger partial charge in [-0.1, -0.05) is 26.0 Å². The molecule has 164 valence electrons. The van der Waals surface area contributed by atoms with Crippen molar-refractivity contribution in [1.82, 2.24) is 4.90 Å². The third kappa shape index (κ3) is 4.57. The van der Waals surface area contributed by atoms with Crippen LogP contribution in [0.3, 0.4) is 0 Å². The van der Waals surface area contributed by atoms with Crippen molar-refractivity contribution >= 4 is 29.3 Å². The molecule has 31 heavy (non-hydrogen) atoms. The van der Waals surface area contributed by atoms with Crippen LogP contribution in [-0.4, -0.2) is 57.0 Å². The molecule has 2 N–H and O–H groups in total. The first kappa shape index (κ1) is 22.4. The quantitative estimate of drug-likeness (QED) is 0.409. The normalized spacial score (nSPS) is 22.0. The highest BCUT2D eigenvalue weighted by molar-refractivity contribution is 6.25. The molecule has 1 unspecified atom stereocenters. The SMILES string of the molecule is CC(N=C1CC(C)(C)CC(=O)/C1=C(/O)CCCN1C(=O)c2ccccc2C1=O)C(=O)O. The zero-order chi connectivity index (χ0) is 22.9. The highest BCUT2D eigenvalue weighted by atomic mass is 16.4. The van der Waals surface area contributed by atoms with Crippen LogP contribution < -0.4 is 0 Å². The van der Waals surface area contributed by atoms with E-state index in [1.165, 1.54) is 6.92 Å². The van der Waals surface area contributed by atoms with Gasteiger partial charge in [0, 0.05) is 19.4 Å². The molecular formula is C23H26N2O6. The fourth-order valence-corrected chi connectivity index (χ4v) is 3.99. The Labute approximate surface area is 180 Å². The van der Waals surface area contributed by atoms with Gasteiger partial charge in [-0.3, -0.25) is 24.3 Å². The molecule has 8 heteroatoms. The summed E-state index contributed by atoms with van der Waals surface area (Å²) in [4.78, 5) is 54.2. The van der Waals surface area contributed by atoms with E-state index >= 15 is 0 Å². The standard InChI is InChI=1S/C23H26N2O6/c1-13(22(30)31)24-16-11-23(2,3)12-18(27)19(16)17(26)9-6-10-25-20(28)14-7-4-5-8-15(14)21(25)29/h4-5,7-8,13,26H,6,9-12H2,1-3H3,(H,30,31)/b19-17+,24-16?. The van der Waals surface area contributed by atoms with Gasteiger partial charge < -0.3 is 10.2 Å². The Morgan fingerprint density at radius 2 is 1.68 bits per heavy atom. The number of nitrogens with zero attached hydrogens (tertiary/aromatic N) is 2. The number of carboxylic acids is 1. The smallest absolute Gasteiger partial charge is 0.328 e. The minimum atomic E-state index is -1.12. The number of imide groups is 1. The average Bonchev–Trinajstić information content (AvgIpc) is 2.91. The van der Waals surface area contributed by atoms with E-state index in [1.54, 1.807) is 24.3 Å². The minimum Gasteiger partial charge on any atom is -0.511 e. The monoisotopic (exact) mass is 426 g/mol. The molecule has 1 heterocycles. The molecule has 0 radical (unpaired) electrons. The van der Waals surface area contributed by atoms with E-state index in [1.807, 2.05) is 13.8 Å². The molecule has 3 rings (SSSR count). The van der Waals surface area contributed by atoms with E-state index in [4.69, 9.17) is 0 Å². The summed E-state index contributed by atoms with van der Waals surface area (Å²) in [5.41, 5.74) is 0.677. The van der Waals surface area contributed by atoms with Crippen molar-refractivity contribution in [3.63, 3.8) is 0 Å². The van der Waals surface area contributed by atoms with Crippen molar-refractivity contribution in [3.05, 3.63) is 46.7 Å². The second-order valence-electron chi connectivity index (χ2n) is 8.76. The summed E-state index contributed by atoms with van der Waals surface area (Å²) in [6.07, 6.45) is 0.911. The molecule has 1 aromatic carbocycles. The van der Waals surface area contributed by atoms with Crippen molar-refractivity contribution in [1.29, 1.82) is 0 Å². The van der Waals surface area contributed by atoms with Gasteiger partial charge >= 0.3 is 5.97 Å². The van der Waals surface area contributed by atoms with Gasteiger partial charge in [-0.25, -0.2) is 4.79 Å². The van der Waals surface area contributed by atoms with Gasteiger partial charge in [0.1, 0.15) is 11.8 Å². The molecule has 8 nitrogen and oxygen atoms in total. The first-order valence-corrected chi connectivity index (χ1v) is 10.2. The number of carboxylic acid groups (broad SMARTS) is 1. The number of carbonyl (C=O) groups is 4. The summed E-state index contributed by atoms with van der Waals surface area (Å²) in [7, 11) is 0. The maximum atomic E-state index is 12.7. The molecule has 1 aromatic rings. The zero-order valence-corrected chi connectivity index (χ0v) is 17.8. The summed E-state index contributed by atoms with van der Waals surface area (Å²) in [6, 6.07) is 5.55. The number of carbonyl (C=O) groups excluding carboxylic acids is 3. The number of rotatable bonds is 6. The van der Waals surface area contributed by atoms with E-state index in [9.17, 15) is 29.4 Å². The Morgan fingerprint density at radius 3 is 2.23 bits per heavy atom. The number of Topliss-reactive ketones (excluding diaryl/α,β-unsaturated/α-hetero) is 1. The molecule has 0 bridgehead atoms. The molecule has 1 saturated carbocycles. The molecular weight excluding hydrogens is 400 g/mol. The van der Waals surface area contributed by atoms with Gasteiger partial charge in [-0.2, -0.15) is 0 Å². The number of fused-ring (bicyclic) bond motifs is 1. The Morgan fingerprint density at radius 1 is 1.10 bits per heavy atom. The van der Waals surface area contributed by atoms with E-state index in [2.05, 4.69) is 4.99 Å². The summed E-state index contributed by atoms with van der Waals surface area (Å²) in [6.45, 7) is 5.30. The van der Waals surface area contributed by atoms with Crippen molar-refractivity contribution in [2.75, 3.05) is 6.54 Å². The lowest BCUT2D eigenvalue weighted by molar-refractivity contribution is -0.138. The number of aliphatic hydroxyl groups is 1. The van der Waals surface area contributed by atoms with Crippen LogP contribution in [-0.2, 0) is 9.59 Å². The van der Waals surface area contributed by atoms with Gasteiger partial charge in [-0.05, 0) is 37.3 Å². The van der Waals surface area contributed by atoms with Crippen molar-refractivity contribution in [3.8, 4) is 0 Å². The van der Waals surface area contributed by atoms with Crippen molar-refractivity contribution < 1.29 is 29.4 Å². The van der Waals surface area contributed by atoms with E-state index < -0.39 is 17.4 Å². The maximum Gasteiger partial charge on any atom is 0.328 e. The van der Waals surface area contributed by atoms with Gasteiger partial charge in [-0.15, -0.1) is 0 Å². The van der Waals surface area contributed by atoms with Crippen LogP contribution in [0.2, 0.25) is 0 Å². The number of hydrogen-bond acceptors (Lipinski definition) is 6. The molecule has 2 amide bonds. The molecule has 1 aliphatic heterocycles. The molecule has 1 fully saturated rings. The first-order chi connectivity index (χ1) is 14.5. The third-order valence-corrected chi connectivity index (χ3v) is 5.52. The zero-order valence-electron chi connectivity index (χ0n) is 17.8. The predicted octanol–water partition coefficient (Wildman–Crippen LogP) is 3.18. The topological polar surface area (TPSA) is 124 Å². The molecule has 1 aliphatic carbocycles. The lowest BCUT2D eigenvalue weighted by Gasteiger charge is -2.31. The van der Waals surface area contributed by atoms with E-state index in [0.29, 0.717) is 17.5 Å². The van der Waals surface area contributed by atoms with Crippen LogP contribution in [0.1, 0.15) is 67.2 Å². The van der Waals surface area contributed by atoms with Crippen molar-refractivity contribution in [2.45, 2.75) is 52.5 Å². The van der Waals surface area contributed by atoms with Crippen LogP contribution >= 0.6 is 0 Å². The van der Waals surface area contributed by atoms with Crippen LogP contribution in [0.5, 0.6) is 0 Å². The lowest BCUT2D eigenvalue weighted by atomic mass is 9.73. The second kappa shape index (κ2) is 8.45. The predicted molar refractivity (Wildman–Crippen MR) is 113 cm³/mol. The number of ketones is 1. The first-order valence-electron chi connectivity index (χ1n) is 10.2. The number of hydrogen-bond donors (Lipinski definition) is 2. The van der Waals surface area contributed by atoms with Crippen LogP contribution in [0.15, 0.2) is 40.6 Å². The van der Waals surface area contributed by atoms with Gasteiger partial charge in [0.05, 0.1) is 22.4 Å². The fraction of sp³-hybridized carbons (Fsp3) is 0.435. The average molecular weight is 426 g/mol. The Kier molecular flexibility index (Phi) is 6.10. The molecule has 0 spiro atoms. The molecule has 1 atom stereocenters. The van der Waals surface area contributed by atoms with Gasteiger partial charge in [0.15, 0.2) is 5.78 Å². The summed E-state index contributed by atoms with van der Waals surface area (Å²) in [5.74, 6) is -2.34. The van der Waals surface area contributed by atoms with Gasteiger partial charge in [0.25, 0.3) is 11.8 Å². The minimum absolute atomic E-state index is 0.0646. The number of benzene rings is 1. The number of allylic oxidation sites excluding steroid dienone is 2. The number of aliphatic carboxylic acids is 1. The maximum absolute atomic E-state index is 12.7. The van der Waals surface area contributed by atoms with E-state index in [0.717, 1.165) is 4.90 Å². The highest BCUT2D eigenvalue weighted by Gasteiger charge is 2.37. The lowest BCUT2D eigenvalue weighted by Crippen LogP contribution is -2.34. The Balaban J connectivity index is 1.76. The molecule has 0 aromatic heterocycles. The summed E-state index contributed by atoms with van der Waals surface area (Å²) < 4.78 is 0. The summed E-state index contributed by atoms with van der Waals surface area (Å²) >= 11 is 0. The van der Waals surface area contributed by atoms with Crippen LogP contribution in [0.25, 0.3) is 0 Å². The molecule has 2 aliphatic rings. The van der Waals surface area contributed by atoms with E-state index in [-0.39, 0.29) is 60.4 Å². The van der Waals surface area contributed by atoms with Gasteiger partial charge in [0.2, 0.25) is 0 Å². The molecule has 0 saturated heterocycles. The number of amides is 2. The van der Waals surface area contributed by atoms with Crippen LogP contribution in [0, 0.1) is 5.41 Å². The Bertz CT molecular complexity index is 986. The largest absolute Gasteiger partial charge is 0.511 e. The van der Waals surface area contributed by atoms with Crippen LogP contribution in [0.4, 0.5) is 0 Å². The number of aliphatic imine (C=N–C) groups is 1. The highest BCUT2D eigenvalue weighted by Crippen LogP contribution is 2.36. The second-order valence-corrected chi connectivity index (χ2v) is 8.76. The fourth-order valence-electron chi connectivity index (χ4n) is 3.99. The summed E-state index contributed by atoms with van der Waals surface area (Å²) in [5, 5.41) is 19.8. The number of aliphatic hydroxyl groups excluding tert-OH is 1. The Hall–Kier alpha value is -3.29.